The highest BCUT2D eigenvalue weighted by molar-refractivity contribution is 9.10. The lowest BCUT2D eigenvalue weighted by Crippen LogP contribution is -2.54. The fraction of sp³-hybridized carbons (Fsp3) is 0.290. The van der Waals surface area contributed by atoms with E-state index in [0.29, 0.717) is 35.6 Å². The minimum absolute atomic E-state index is 0.102. The molecule has 3 aromatic rings. The van der Waals surface area contributed by atoms with Crippen molar-refractivity contribution >= 4 is 43.8 Å². The quantitative estimate of drug-likeness (QED) is 0.242. The van der Waals surface area contributed by atoms with Crippen molar-refractivity contribution in [1.29, 1.82) is 0 Å². The summed E-state index contributed by atoms with van der Waals surface area (Å²) in [5.41, 5.74) is 1.84. The Bertz CT molecular complexity index is 1560. The van der Waals surface area contributed by atoms with Gasteiger partial charge in [0, 0.05) is 34.2 Å². The van der Waals surface area contributed by atoms with Gasteiger partial charge in [0.05, 0.1) is 22.6 Å². The molecule has 7 rings (SSSR count). The zero-order valence-electron chi connectivity index (χ0n) is 21.9. The fourth-order valence-corrected chi connectivity index (χ4v) is 7.00. The van der Waals surface area contributed by atoms with Gasteiger partial charge in [-0.05, 0) is 72.6 Å². The number of halogens is 2. The number of methoxy groups -OCH3 is 1. The molecule has 1 fully saturated rings. The van der Waals surface area contributed by atoms with Crippen molar-refractivity contribution in [3.05, 3.63) is 104 Å². The molecular weight excluding hydrogens is 658 g/mol. The third kappa shape index (κ3) is 4.39. The van der Waals surface area contributed by atoms with Crippen molar-refractivity contribution in [2.24, 2.45) is 0 Å². The van der Waals surface area contributed by atoms with Crippen LogP contribution < -0.4 is 9.47 Å². The van der Waals surface area contributed by atoms with E-state index in [2.05, 4.69) is 42.8 Å². The lowest BCUT2D eigenvalue weighted by molar-refractivity contribution is -0.0605. The zero-order valence-corrected chi connectivity index (χ0v) is 25.1. The van der Waals surface area contributed by atoms with Gasteiger partial charge in [0.15, 0.2) is 17.7 Å². The second-order valence-corrected chi connectivity index (χ2v) is 12.3. The van der Waals surface area contributed by atoms with Crippen molar-refractivity contribution < 1.29 is 33.3 Å². The van der Waals surface area contributed by atoms with Crippen LogP contribution in [0.3, 0.4) is 0 Å². The number of rotatable bonds is 5. The highest BCUT2D eigenvalue weighted by atomic mass is 79.9. The summed E-state index contributed by atoms with van der Waals surface area (Å²) >= 11 is 6.84. The molecule has 10 heteroatoms. The molecule has 2 bridgehead atoms. The molecule has 0 amide bonds. The summed E-state index contributed by atoms with van der Waals surface area (Å²) in [5.74, 6) is 0.318. The topological polar surface area (TPSA) is 83.5 Å². The largest absolute Gasteiger partial charge is 0.456 e. The van der Waals surface area contributed by atoms with Crippen LogP contribution in [0.1, 0.15) is 44.5 Å². The standard InChI is InChI=1S/C31H25Br2NO7/c1-37-21-10-11-31-23-14-25-24(38-16-39-25)13-22(23)28(41-30(36)18-4-8-20(33)9-5-18)34(26(31)12-21)15-27(31)40-29(35)17-2-6-19(32)7-3-17/h2-11,13-14,21,26-28H,12,15-16H2,1H3/t21-,26+,27?,28+,31+/m1/s1. The lowest BCUT2D eigenvalue weighted by atomic mass is 9.65. The minimum atomic E-state index is -0.742. The van der Waals surface area contributed by atoms with E-state index in [-0.39, 0.29) is 18.9 Å². The van der Waals surface area contributed by atoms with E-state index in [4.69, 9.17) is 23.7 Å². The van der Waals surface area contributed by atoms with Gasteiger partial charge < -0.3 is 23.7 Å². The average Bonchev–Trinajstić information content (AvgIpc) is 3.55. The predicted octanol–water partition coefficient (Wildman–Crippen LogP) is 5.93. The van der Waals surface area contributed by atoms with E-state index >= 15 is 0 Å². The van der Waals surface area contributed by atoms with Gasteiger partial charge in [0.1, 0.15) is 6.10 Å². The summed E-state index contributed by atoms with van der Waals surface area (Å²) < 4.78 is 31.5. The third-order valence-electron chi connectivity index (χ3n) is 8.41. The molecule has 0 saturated carbocycles. The monoisotopic (exact) mass is 681 g/mol. The predicted molar refractivity (Wildman–Crippen MR) is 155 cm³/mol. The van der Waals surface area contributed by atoms with Crippen molar-refractivity contribution in [2.45, 2.75) is 36.3 Å². The van der Waals surface area contributed by atoms with Crippen molar-refractivity contribution in [3.8, 4) is 11.5 Å². The number of hydrogen-bond donors (Lipinski definition) is 0. The van der Waals surface area contributed by atoms with Crippen LogP contribution in [0.5, 0.6) is 11.5 Å². The molecule has 0 spiro atoms. The molecule has 0 N–H and O–H groups in total. The molecule has 41 heavy (non-hydrogen) atoms. The van der Waals surface area contributed by atoms with Gasteiger partial charge in [-0.2, -0.15) is 0 Å². The molecular formula is C31H25Br2NO7. The first kappa shape index (κ1) is 26.7. The maximum absolute atomic E-state index is 13.4. The van der Waals surface area contributed by atoms with Crippen LogP contribution in [-0.2, 0) is 19.6 Å². The maximum atomic E-state index is 13.4. The molecule has 3 aliphatic heterocycles. The number of nitrogens with zero attached hydrogens (tertiary/aromatic N) is 1. The van der Waals surface area contributed by atoms with Crippen LogP contribution in [0.2, 0.25) is 0 Å². The van der Waals surface area contributed by atoms with Crippen LogP contribution in [0.25, 0.3) is 0 Å². The summed E-state index contributed by atoms with van der Waals surface area (Å²) in [6, 6.07) is 17.8. The first-order valence-corrected chi connectivity index (χ1v) is 14.8. The normalized spacial score (nSPS) is 28.5. The Morgan fingerprint density at radius 1 is 0.902 bits per heavy atom. The molecule has 0 radical (unpaired) electrons. The minimum Gasteiger partial charge on any atom is -0.456 e. The molecule has 6 atom stereocenters. The number of hydrogen-bond acceptors (Lipinski definition) is 8. The van der Waals surface area contributed by atoms with Gasteiger partial charge in [0.2, 0.25) is 6.79 Å². The van der Waals surface area contributed by atoms with E-state index in [9.17, 15) is 9.59 Å². The maximum Gasteiger partial charge on any atom is 0.339 e. The van der Waals surface area contributed by atoms with E-state index in [1.165, 1.54) is 0 Å². The number of carbonyl (C=O) groups excluding carboxylic acids is 2. The van der Waals surface area contributed by atoms with Gasteiger partial charge in [-0.1, -0.05) is 44.0 Å². The van der Waals surface area contributed by atoms with Crippen LogP contribution in [0, 0.1) is 0 Å². The lowest BCUT2D eigenvalue weighted by Gasteiger charge is -2.48. The van der Waals surface area contributed by atoms with Crippen LogP contribution in [0.15, 0.2) is 81.8 Å². The summed E-state index contributed by atoms with van der Waals surface area (Å²) in [4.78, 5) is 29.0. The number of benzene rings is 3. The van der Waals surface area contributed by atoms with Crippen LogP contribution in [0.4, 0.5) is 0 Å². The van der Waals surface area contributed by atoms with Gasteiger partial charge in [-0.25, -0.2) is 9.59 Å². The second kappa shape index (κ2) is 10.3. The average molecular weight is 683 g/mol. The smallest absolute Gasteiger partial charge is 0.339 e. The Kier molecular flexibility index (Phi) is 6.69. The molecule has 4 aliphatic rings. The molecule has 1 aliphatic carbocycles. The number of ether oxygens (including phenoxy) is 5. The Labute approximate surface area is 253 Å². The van der Waals surface area contributed by atoms with Crippen molar-refractivity contribution in [1.82, 2.24) is 4.90 Å². The van der Waals surface area contributed by atoms with E-state index in [0.717, 1.165) is 20.1 Å². The van der Waals surface area contributed by atoms with Gasteiger partial charge in [0.25, 0.3) is 0 Å². The summed E-state index contributed by atoms with van der Waals surface area (Å²) in [7, 11) is 1.68. The highest BCUT2D eigenvalue weighted by Crippen LogP contribution is 2.58. The van der Waals surface area contributed by atoms with Crippen molar-refractivity contribution in [2.75, 3.05) is 20.4 Å². The molecule has 3 heterocycles. The molecule has 3 aromatic carbocycles. The second-order valence-electron chi connectivity index (χ2n) is 10.5. The van der Waals surface area contributed by atoms with Crippen molar-refractivity contribution in [3.63, 3.8) is 0 Å². The van der Waals surface area contributed by atoms with Gasteiger partial charge in [-0.3, -0.25) is 4.90 Å². The van der Waals surface area contributed by atoms with E-state index < -0.39 is 29.7 Å². The highest BCUT2D eigenvalue weighted by Gasteiger charge is 2.64. The number of fused-ring (bicyclic) bond motifs is 2. The molecule has 210 valence electrons. The van der Waals surface area contributed by atoms with Crippen LogP contribution >= 0.6 is 31.9 Å². The summed E-state index contributed by atoms with van der Waals surface area (Å²) in [5, 5.41) is 0. The molecule has 0 aromatic heterocycles. The molecule has 2 unspecified atom stereocenters. The number of esters is 2. The van der Waals surface area contributed by atoms with Crippen LogP contribution in [-0.4, -0.2) is 55.5 Å². The Balaban J connectivity index is 1.33. The van der Waals surface area contributed by atoms with E-state index in [1.54, 1.807) is 43.5 Å². The SMILES string of the molecule is CO[C@@H]1C=C[C@@]23c4cc5c(cc4[C@H](OC(=O)c4ccc(Br)cc4)N(CC2OC(=O)c2ccc(Br)cc2)[C@H]3C1)OCO5. The Morgan fingerprint density at radius 2 is 1.51 bits per heavy atom. The summed E-state index contributed by atoms with van der Waals surface area (Å²) in [6.07, 6.45) is 3.31. The number of carbonyl (C=O) groups is 2. The Morgan fingerprint density at radius 3 is 2.15 bits per heavy atom. The Hall–Kier alpha value is -3.18. The molecule has 1 saturated heterocycles. The third-order valence-corrected chi connectivity index (χ3v) is 9.47. The first-order valence-electron chi connectivity index (χ1n) is 13.2. The first-order chi connectivity index (χ1) is 19.9. The zero-order chi connectivity index (χ0) is 28.3. The van der Waals surface area contributed by atoms with E-state index in [1.807, 2.05) is 30.3 Å². The fourth-order valence-electron chi connectivity index (χ4n) is 6.47. The summed E-state index contributed by atoms with van der Waals surface area (Å²) in [6.45, 7) is 0.457. The van der Waals surface area contributed by atoms with Gasteiger partial charge in [-0.15, -0.1) is 0 Å². The molecule has 8 nitrogen and oxygen atoms in total. The van der Waals surface area contributed by atoms with Gasteiger partial charge >= 0.3 is 11.9 Å².